The summed E-state index contributed by atoms with van der Waals surface area (Å²) in [5.74, 6) is 0. The van der Waals surface area contributed by atoms with Crippen molar-refractivity contribution in [3.63, 3.8) is 0 Å². The Kier molecular flexibility index (Phi) is 5.21. The number of nitrogens with one attached hydrogen (secondary N) is 1. The molecule has 1 fully saturated rings. The second kappa shape index (κ2) is 6.91. The monoisotopic (exact) mass is 246 g/mol. The molecule has 0 saturated carbocycles. The molecule has 0 aliphatic carbocycles. The molecule has 0 radical (unpaired) electrons. The molecule has 0 spiro atoms. The first-order valence-corrected chi connectivity index (χ1v) is 7.24. The van der Waals surface area contributed by atoms with Crippen molar-refractivity contribution in [1.82, 2.24) is 10.2 Å². The Morgan fingerprint density at radius 3 is 2.78 bits per heavy atom. The highest BCUT2D eigenvalue weighted by Gasteiger charge is 2.21. The third-order valence-electron chi connectivity index (χ3n) is 4.24. The lowest BCUT2D eigenvalue weighted by Crippen LogP contribution is -2.47. The van der Waals surface area contributed by atoms with Gasteiger partial charge in [0.2, 0.25) is 0 Å². The SMILES string of the molecule is CC(CCc1ccccc1)N(C)C1CCCNC1. The molecule has 2 unspecified atom stereocenters. The lowest BCUT2D eigenvalue weighted by Gasteiger charge is -2.36. The van der Waals surface area contributed by atoms with Gasteiger partial charge >= 0.3 is 0 Å². The summed E-state index contributed by atoms with van der Waals surface area (Å²) in [7, 11) is 2.29. The standard InChI is InChI=1S/C16H26N2/c1-14(10-11-15-7-4-3-5-8-15)18(2)16-9-6-12-17-13-16/h3-5,7-8,14,16-17H,6,9-13H2,1-2H3. The molecule has 0 aromatic heterocycles. The van der Waals surface area contributed by atoms with Gasteiger partial charge in [-0.1, -0.05) is 30.3 Å². The number of benzene rings is 1. The molecule has 1 aliphatic rings. The van der Waals surface area contributed by atoms with Crippen molar-refractivity contribution < 1.29 is 0 Å². The van der Waals surface area contributed by atoms with Crippen LogP contribution >= 0.6 is 0 Å². The summed E-state index contributed by atoms with van der Waals surface area (Å²) in [4.78, 5) is 2.56. The molecule has 1 aliphatic heterocycles. The molecule has 18 heavy (non-hydrogen) atoms. The van der Waals surface area contributed by atoms with E-state index in [1.54, 1.807) is 0 Å². The van der Waals surface area contributed by atoms with Crippen LogP contribution in [0.3, 0.4) is 0 Å². The molecule has 2 atom stereocenters. The first-order valence-electron chi connectivity index (χ1n) is 7.24. The van der Waals surface area contributed by atoms with Gasteiger partial charge in [-0.15, -0.1) is 0 Å². The summed E-state index contributed by atoms with van der Waals surface area (Å²) < 4.78 is 0. The highest BCUT2D eigenvalue weighted by Crippen LogP contribution is 2.15. The average molecular weight is 246 g/mol. The molecule has 2 heteroatoms. The Morgan fingerprint density at radius 2 is 2.11 bits per heavy atom. The van der Waals surface area contributed by atoms with Crippen LogP contribution in [0.15, 0.2) is 30.3 Å². The zero-order valence-electron chi connectivity index (χ0n) is 11.7. The number of nitrogens with zero attached hydrogens (tertiary/aromatic N) is 1. The molecule has 0 bridgehead atoms. The molecule has 1 aromatic rings. The normalized spacial score (nSPS) is 22.1. The first-order chi connectivity index (χ1) is 8.77. The van der Waals surface area contributed by atoms with Crippen molar-refractivity contribution in [3.05, 3.63) is 35.9 Å². The molecule has 1 N–H and O–H groups in total. The predicted molar refractivity (Wildman–Crippen MR) is 77.9 cm³/mol. The highest BCUT2D eigenvalue weighted by atomic mass is 15.2. The van der Waals surface area contributed by atoms with Gasteiger partial charge in [-0.3, -0.25) is 4.90 Å². The Hall–Kier alpha value is -0.860. The Bertz CT molecular complexity index is 330. The number of hydrogen-bond acceptors (Lipinski definition) is 2. The summed E-state index contributed by atoms with van der Waals surface area (Å²) in [6, 6.07) is 12.2. The average Bonchev–Trinajstić information content (AvgIpc) is 2.46. The van der Waals surface area contributed by atoms with Gasteiger partial charge in [0.1, 0.15) is 0 Å². The summed E-state index contributed by atoms with van der Waals surface area (Å²) in [5.41, 5.74) is 1.46. The van der Waals surface area contributed by atoms with E-state index in [-0.39, 0.29) is 0 Å². The fraction of sp³-hybridized carbons (Fsp3) is 0.625. The van der Waals surface area contributed by atoms with E-state index in [9.17, 15) is 0 Å². The second-order valence-electron chi connectivity index (χ2n) is 5.54. The predicted octanol–water partition coefficient (Wildman–Crippen LogP) is 2.69. The topological polar surface area (TPSA) is 15.3 Å². The molecule has 1 heterocycles. The van der Waals surface area contributed by atoms with Crippen LogP contribution in [0.1, 0.15) is 31.7 Å². The van der Waals surface area contributed by atoms with Gasteiger partial charge in [-0.25, -0.2) is 0 Å². The number of aryl methyl sites for hydroxylation is 1. The summed E-state index contributed by atoms with van der Waals surface area (Å²) >= 11 is 0. The quantitative estimate of drug-likeness (QED) is 0.859. The van der Waals surface area contributed by atoms with Crippen molar-refractivity contribution in [3.8, 4) is 0 Å². The zero-order valence-corrected chi connectivity index (χ0v) is 11.7. The van der Waals surface area contributed by atoms with Crippen molar-refractivity contribution in [2.75, 3.05) is 20.1 Å². The van der Waals surface area contributed by atoms with Crippen molar-refractivity contribution >= 4 is 0 Å². The van der Waals surface area contributed by atoms with Crippen molar-refractivity contribution in [1.29, 1.82) is 0 Å². The maximum absolute atomic E-state index is 3.50. The molecule has 2 nitrogen and oxygen atoms in total. The summed E-state index contributed by atoms with van der Waals surface area (Å²) in [5, 5.41) is 3.50. The highest BCUT2D eigenvalue weighted by molar-refractivity contribution is 5.14. The zero-order chi connectivity index (χ0) is 12.8. The second-order valence-corrected chi connectivity index (χ2v) is 5.54. The van der Waals surface area contributed by atoms with Gasteiger partial charge in [-0.05, 0) is 51.8 Å². The third-order valence-corrected chi connectivity index (χ3v) is 4.24. The number of likely N-dealkylation sites (N-methyl/N-ethyl adjacent to an activating group) is 1. The minimum Gasteiger partial charge on any atom is -0.315 e. The number of rotatable bonds is 5. The minimum absolute atomic E-state index is 0.662. The molecule has 0 amide bonds. The molecular weight excluding hydrogens is 220 g/mol. The smallest absolute Gasteiger partial charge is 0.0220 e. The minimum atomic E-state index is 0.662. The Labute approximate surface area is 111 Å². The van der Waals surface area contributed by atoms with Gasteiger partial charge in [0, 0.05) is 18.6 Å². The van der Waals surface area contributed by atoms with Crippen LogP contribution in [0.5, 0.6) is 0 Å². The van der Waals surface area contributed by atoms with Crippen LogP contribution < -0.4 is 5.32 Å². The first kappa shape index (κ1) is 13.6. The lowest BCUT2D eigenvalue weighted by molar-refractivity contribution is 0.149. The van der Waals surface area contributed by atoms with Gasteiger partial charge in [0.15, 0.2) is 0 Å². The Balaban J connectivity index is 1.78. The number of hydrogen-bond donors (Lipinski definition) is 1. The van der Waals surface area contributed by atoms with Gasteiger partial charge in [0.25, 0.3) is 0 Å². The molecule has 2 rings (SSSR count). The van der Waals surface area contributed by atoms with Crippen LogP contribution in [0.2, 0.25) is 0 Å². The fourth-order valence-electron chi connectivity index (χ4n) is 2.76. The lowest BCUT2D eigenvalue weighted by atomic mass is 10.0. The van der Waals surface area contributed by atoms with Crippen LogP contribution in [-0.2, 0) is 6.42 Å². The molecule has 1 saturated heterocycles. The third kappa shape index (κ3) is 3.82. The molecule has 1 aromatic carbocycles. The summed E-state index contributed by atoms with van der Waals surface area (Å²) in [6.07, 6.45) is 5.10. The van der Waals surface area contributed by atoms with Crippen LogP contribution in [-0.4, -0.2) is 37.1 Å². The van der Waals surface area contributed by atoms with Crippen molar-refractivity contribution in [2.24, 2.45) is 0 Å². The van der Waals surface area contributed by atoms with Gasteiger partial charge < -0.3 is 5.32 Å². The van der Waals surface area contributed by atoms with E-state index in [0.717, 1.165) is 12.6 Å². The largest absolute Gasteiger partial charge is 0.315 e. The maximum atomic E-state index is 3.50. The van der Waals surface area contributed by atoms with Crippen LogP contribution in [0, 0.1) is 0 Å². The van der Waals surface area contributed by atoms with E-state index in [4.69, 9.17) is 0 Å². The van der Waals surface area contributed by atoms with Gasteiger partial charge in [0.05, 0.1) is 0 Å². The van der Waals surface area contributed by atoms with E-state index in [2.05, 4.69) is 54.5 Å². The van der Waals surface area contributed by atoms with Crippen LogP contribution in [0.4, 0.5) is 0 Å². The molecule has 100 valence electrons. The van der Waals surface area contributed by atoms with E-state index < -0.39 is 0 Å². The molecular formula is C16H26N2. The van der Waals surface area contributed by atoms with Crippen molar-refractivity contribution in [2.45, 2.75) is 44.7 Å². The Morgan fingerprint density at radius 1 is 1.33 bits per heavy atom. The maximum Gasteiger partial charge on any atom is 0.0220 e. The van der Waals surface area contributed by atoms with E-state index >= 15 is 0 Å². The summed E-state index contributed by atoms with van der Waals surface area (Å²) in [6.45, 7) is 4.71. The van der Waals surface area contributed by atoms with Gasteiger partial charge in [-0.2, -0.15) is 0 Å². The van der Waals surface area contributed by atoms with E-state index in [0.29, 0.717) is 6.04 Å². The fourth-order valence-corrected chi connectivity index (χ4v) is 2.76. The van der Waals surface area contributed by atoms with E-state index in [1.165, 1.54) is 37.8 Å². The number of piperidine rings is 1. The van der Waals surface area contributed by atoms with Crippen LogP contribution in [0.25, 0.3) is 0 Å². The van der Waals surface area contributed by atoms with E-state index in [1.807, 2.05) is 0 Å².